The second kappa shape index (κ2) is 7.66. The number of carbonyl (C=O) groups is 2. The summed E-state index contributed by atoms with van der Waals surface area (Å²) in [4.78, 5) is 25.5. The number of carbonyl (C=O) groups excluding carboxylic acids is 1. The Morgan fingerprint density at radius 1 is 1.29 bits per heavy atom. The van der Waals surface area contributed by atoms with Crippen molar-refractivity contribution in [2.45, 2.75) is 78.3 Å². The molecule has 1 aliphatic heterocycles. The number of aliphatic carboxylic acids is 1. The summed E-state index contributed by atoms with van der Waals surface area (Å²) in [7, 11) is 0. The highest BCUT2D eigenvalue weighted by Gasteiger charge is 2.31. The first-order chi connectivity index (χ1) is 9.75. The number of urea groups is 1. The molecule has 0 spiro atoms. The van der Waals surface area contributed by atoms with Crippen molar-refractivity contribution in [2.75, 3.05) is 6.54 Å². The molecule has 2 N–H and O–H groups in total. The van der Waals surface area contributed by atoms with Crippen LogP contribution in [-0.2, 0) is 4.79 Å². The van der Waals surface area contributed by atoms with Gasteiger partial charge in [-0.1, -0.05) is 40.5 Å². The maximum absolute atomic E-state index is 12.6. The lowest BCUT2D eigenvalue weighted by atomic mass is 9.85. The van der Waals surface area contributed by atoms with Crippen LogP contribution in [0.5, 0.6) is 0 Å². The SMILES string of the molecule is CCC1CCCCCN1C(=O)NC(CC(=O)O)C(C)(C)C. The van der Waals surface area contributed by atoms with Gasteiger partial charge in [0.25, 0.3) is 0 Å². The molecule has 1 heterocycles. The summed E-state index contributed by atoms with van der Waals surface area (Å²) in [6, 6.07) is -0.189. The fourth-order valence-electron chi connectivity index (χ4n) is 2.85. The summed E-state index contributed by atoms with van der Waals surface area (Å²) in [6.45, 7) is 8.75. The Morgan fingerprint density at radius 3 is 2.48 bits per heavy atom. The first kappa shape index (κ1) is 17.8. The van der Waals surface area contributed by atoms with Gasteiger partial charge in [-0.25, -0.2) is 4.79 Å². The van der Waals surface area contributed by atoms with Gasteiger partial charge in [0.1, 0.15) is 0 Å². The van der Waals surface area contributed by atoms with Crippen molar-refractivity contribution in [1.82, 2.24) is 10.2 Å². The summed E-state index contributed by atoms with van der Waals surface area (Å²) in [5, 5.41) is 12.0. The van der Waals surface area contributed by atoms with E-state index >= 15 is 0 Å². The lowest BCUT2D eigenvalue weighted by molar-refractivity contribution is -0.138. The third kappa shape index (κ3) is 5.56. The highest BCUT2D eigenvalue weighted by Crippen LogP contribution is 2.24. The molecule has 0 radical (unpaired) electrons. The molecule has 0 aromatic rings. The van der Waals surface area contributed by atoms with Gasteiger partial charge in [-0.15, -0.1) is 0 Å². The fraction of sp³-hybridized carbons (Fsp3) is 0.875. The number of likely N-dealkylation sites (tertiary alicyclic amines) is 1. The van der Waals surface area contributed by atoms with E-state index in [2.05, 4.69) is 12.2 Å². The van der Waals surface area contributed by atoms with Crippen LogP contribution in [0.15, 0.2) is 0 Å². The minimum atomic E-state index is -0.877. The summed E-state index contributed by atoms with van der Waals surface area (Å²) in [5.41, 5.74) is -0.276. The molecule has 122 valence electrons. The summed E-state index contributed by atoms with van der Waals surface area (Å²) in [6.07, 6.45) is 5.32. The first-order valence-electron chi connectivity index (χ1n) is 8.04. The number of hydrogen-bond acceptors (Lipinski definition) is 2. The third-order valence-corrected chi connectivity index (χ3v) is 4.33. The standard InChI is InChI=1S/C16H30N2O3/c1-5-12-9-7-6-8-10-18(12)15(21)17-13(11-14(19)20)16(2,3)4/h12-13H,5-11H2,1-4H3,(H,17,21)(H,19,20). The Balaban J connectivity index is 2.76. The number of amides is 2. The number of nitrogens with one attached hydrogen (secondary N) is 1. The van der Waals surface area contributed by atoms with Crippen molar-refractivity contribution in [2.24, 2.45) is 5.41 Å². The van der Waals surface area contributed by atoms with Crippen molar-refractivity contribution in [3.63, 3.8) is 0 Å². The van der Waals surface area contributed by atoms with Gasteiger partial charge in [-0.2, -0.15) is 0 Å². The lowest BCUT2D eigenvalue weighted by Crippen LogP contribution is -2.53. The van der Waals surface area contributed by atoms with Gasteiger partial charge in [0.05, 0.1) is 6.42 Å². The van der Waals surface area contributed by atoms with Crippen molar-refractivity contribution in [3.05, 3.63) is 0 Å². The second-order valence-electron chi connectivity index (χ2n) is 7.07. The second-order valence-corrected chi connectivity index (χ2v) is 7.07. The van der Waals surface area contributed by atoms with Crippen molar-refractivity contribution < 1.29 is 14.7 Å². The first-order valence-corrected chi connectivity index (χ1v) is 8.04. The molecule has 21 heavy (non-hydrogen) atoms. The number of carboxylic acid groups (broad SMARTS) is 1. The van der Waals surface area contributed by atoms with Gasteiger partial charge in [-0.05, 0) is 24.7 Å². The van der Waals surface area contributed by atoms with E-state index in [1.807, 2.05) is 25.7 Å². The highest BCUT2D eigenvalue weighted by atomic mass is 16.4. The number of carboxylic acids is 1. The molecule has 2 atom stereocenters. The van der Waals surface area contributed by atoms with Crippen LogP contribution in [0.1, 0.15) is 66.2 Å². The monoisotopic (exact) mass is 298 g/mol. The van der Waals surface area contributed by atoms with Gasteiger partial charge >= 0.3 is 12.0 Å². The van der Waals surface area contributed by atoms with Gasteiger partial charge in [0.2, 0.25) is 0 Å². The minimum absolute atomic E-state index is 0.0418. The molecular formula is C16H30N2O3. The van der Waals surface area contributed by atoms with Crippen LogP contribution in [0.2, 0.25) is 0 Å². The predicted octanol–water partition coefficient (Wildman–Crippen LogP) is 3.24. The summed E-state index contributed by atoms with van der Waals surface area (Å²) < 4.78 is 0. The number of nitrogens with zero attached hydrogens (tertiary/aromatic N) is 1. The average Bonchev–Trinajstić information content (AvgIpc) is 2.61. The molecule has 0 aliphatic carbocycles. The van der Waals surface area contributed by atoms with Crippen LogP contribution in [0, 0.1) is 5.41 Å². The molecule has 5 nitrogen and oxygen atoms in total. The predicted molar refractivity (Wildman–Crippen MR) is 83.3 cm³/mol. The summed E-state index contributed by atoms with van der Waals surface area (Å²) >= 11 is 0. The van der Waals surface area contributed by atoms with Gasteiger partial charge in [0.15, 0.2) is 0 Å². The van der Waals surface area contributed by atoms with Gasteiger partial charge in [0, 0.05) is 18.6 Å². The largest absolute Gasteiger partial charge is 0.481 e. The fourth-order valence-corrected chi connectivity index (χ4v) is 2.85. The van der Waals surface area contributed by atoms with Crippen LogP contribution in [-0.4, -0.2) is 40.6 Å². The molecule has 0 aromatic heterocycles. The molecule has 1 fully saturated rings. The molecule has 1 rings (SSSR count). The topological polar surface area (TPSA) is 69.6 Å². The lowest BCUT2D eigenvalue weighted by Gasteiger charge is -2.35. The zero-order valence-electron chi connectivity index (χ0n) is 13.8. The smallest absolute Gasteiger partial charge is 0.317 e. The molecule has 1 aliphatic rings. The van der Waals surface area contributed by atoms with Crippen LogP contribution >= 0.6 is 0 Å². The number of rotatable bonds is 4. The number of hydrogen-bond donors (Lipinski definition) is 2. The molecule has 0 saturated carbocycles. The maximum atomic E-state index is 12.6. The maximum Gasteiger partial charge on any atom is 0.317 e. The highest BCUT2D eigenvalue weighted by molar-refractivity contribution is 5.76. The molecule has 5 heteroatoms. The van der Waals surface area contributed by atoms with Gasteiger partial charge < -0.3 is 15.3 Å². The summed E-state index contributed by atoms with van der Waals surface area (Å²) in [5.74, 6) is -0.877. The van der Waals surface area contributed by atoms with Crippen LogP contribution in [0.4, 0.5) is 4.79 Å². The molecule has 0 aromatic carbocycles. The Morgan fingerprint density at radius 2 is 1.95 bits per heavy atom. The van der Waals surface area contributed by atoms with Crippen LogP contribution < -0.4 is 5.32 Å². The van der Waals surface area contributed by atoms with E-state index in [4.69, 9.17) is 5.11 Å². The van der Waals surface area contributed by atoms with Gasteiger partial charge in [-0.3, -0.25) is 4.79 Å². The van der Waals surface area contributed by atoms with Crippen molar-refractivity contribution >= 4 is 12.0 Å². The molecule has 2 unspecified atom stereocenters. The van der Waals surface area contributed by atoms with E-state index in [0.29, 0.717) is 0 Å². The van der Waals surface area contributed by atoms with Crippen LogP contribution in [0.3, 0.4) is 0 Å². The Hall–Kier alpha value is -1.26. The zero-order chi connectivity index (χ0) is 16.0. The molecule has 1 saturated heterocycles. The average molecular weight is 298 g/mol. The van der Waals surface area contributed by atoms with E-state index in [-0.39, 0.29) is 30.0 Å². The zero-order valence-corrected chi connectivity index (χ0v) is 13.8. The molecule has 2 amide bonds. The van der Waals surface area contributed by atoms with Crippen molar-refractivity contribution in [1.29, 1.82) is 0 Å². The van der Waals surface area contributed by atoms with Crippen molar-refractivity contribution in [3.8, 4) is 0 Å². The third-order valence-electron chi connectivity index (χ3n) is 4.33. The minimum Gasteiger partial charge on any atom is -0.481 e. The van der Waals surface area contributed by atoms with E-state index < -0.39 is 5.97 Å². The van der Waals surface area contributed by atoms with Crippen LogP contribution in [0.25, 0.3) is 0 Å². The molecular weight excluding hydrogens is 268 g/mol. The Labute approximate surface area is 128 Å². The van der Waals surface area contributed by atoms with E-state index in [1.54, 1.807) is 0 Å². The molecule has 0 bridgehead atoms. The van der Waals surface area contributed by atoms with E-state index in [1.165, 1.54) is 6.42 Å². The van der Waals surface area contributed by atoms with E-state index in [9.17, 15) is 9.59 Å². The van der Waals surface area contributed by atoms with E-state index in [0.717, 1.165) is 32.2 Å². The Bertz CT molecular complexity index is 363. The quantitative estimate of drug-likeness (QED) is 0.837. The Kier molecular flexibility index (Phi) is 6.49. The normalized spacial score (nSPS) is 21.5.